The Labute approximate surface area is 169 Å². The fraction of sp³-hybridized carbons (Fsp3) is 0.261. The largest absolute Gasteiger partial charge is 0.458 e. The molecule has 3 aromatic rings. The Balaban J connectivity index is 1.53. The number of likely N-dealkylation sites (tertiary alicyclic amines) is 1. The van der Waals surface area contributed by atoms with Crippen LogP contribution in [0.2, 0.25) is 0 Å². The van der Waals surface area contributed by atoms with Crippen LogP contribution in [0, 0.1) is 5.82 Å². The molecule has 1 fully saturated rings. The van der Waals surface area contributed by atoms with Gasteiger partial charge in [-0.2, -0.15) is 0 Å². The number of carbonyl (C=O) groups excluding carboxylic acids is 1. The Kier molecular flexibility index (Phi) is 5.79. The highest BCUT2D eigenvalue weighted by molar-refractivity contribution is 5.87. The summed E-state index contributed by atoms with van der Waals surface area (Å²) in [7, 11) is 0. The van der Waals surface area contributed by atoms with E-state index in [4.69, 9.17) is 4.74 Å². The average Bonchev–Trinajstić information content (AvgIpc) is 2.77. The van der Waals surface area contributed by atoms with Gasteiger partial charge in [-0.15, -0.1) is 0 Å². The molecule has 0 bridgehead atoms. The second-order valence-electron chi connectivity index (χ2n) is 7.10. The summed E-state index contributed by atoms with van der Waals surface area (Å²) >= 11 is 0. The molecule has 1 atom stereocenters. The molecule has 1 aliphatic rings. The molecule has 0 radical (unpaired) electrons. The Morgan fingerprint density at radius 2 is 1.59 bits per heavy atom. The van der Waals surface area contributed by atoms with Crippen molar-refractivity contribution in [2.75, 3.05) is 13.1 Å². The number of ether oxygens (including phenoxy) is 1. The highest BCUT2D eigenvalue weighted by Crippen LogP contribution is 2.28. The van der Waals surface area contributed by atoms with Crippen LogP contribution in [0.4, 0.5) is 4.39 Å². The zero-order valence-electron chi connectivity index (χ0n) is 15.9. The number of piperidine rings is 1. The van der Waals surface area contributed by atoms with Gasteiger partial charge in [0.1, 0.15) is 6.10 Å². The van der Waals surface area contributed by atoms with Gasteiger partial charge in [0.25, 0.3) is 0 Å². The van der Waals surface area contributed by atoms with Crippen LogP contribution in [-0.4, -0.2) is 40.0 Å². The van der Waals surface area contributed by atoms with Crippen LogP contribution in [-0.2, 0) is 4.79 Å². The molecular formula is C23H22FN3O2. The third-order valence-electron chi connectivity index (χ3n) is 5.07. The van der Waals surface area contributed by atoms with Crippen LogP contribution in [0.15, 0.2) is 73.1 Å². The van der Waals surface area contributed by atoms with E-state index >= 15 is 0 Å². The van der Waals surface area contributed by atoms with Crippen molar-refractivity contribution >= 4 is 5.91 Å². The van der Waals surface area contributed by atoms with Crippen LogP contribution in [0.3, 0.4) is 0 Å². The van der Waals surface area contributed by atoms with Gasteiger partial charge in [-0.05, 0) is 24.0 Å². The van der Waals surface area contributed by atoms with Crippen LogP contribution in [0.1, 0.15) is 29.9 Å². The molecular weight excluding hydrogens is 369 g/mol. The Morgan fingerprint density at radius 3 is 2.17 bits per heavy atom. The molecule has 4 rings (SSSR count). The molecule has 1 unspecified atom stereocenters. The monoisotopic (exact) mass is 391 g/mol. The summed E-state index contributed by atoms with van der Waals surface area (Å²) < 4.78 is 18.8. The Morgan fingerprint density at radius 1 is 1.00 bits per heavy atom. The van der Waals surface area contributed by atoms with Crippen molar-refractivity contribution in [3.8, 4) is 6.01 Å². The molecule has 6 heteroatoms. The summed E-state index contributed by atoms with van der Waals surface area (Å²) in [5, 5.41) is 0. The molecule has 2 heterocycles. The van der Waals surface area contributed by atoms with Crippen LogP contribution >= 0.6 is 0 Å². The fourth-order valence-corrected chi connectivity index (χ4v) is 3.70. The quantitative estimate of drug-likeness (QED) is 0.664. The molecule has 0 aliphatic carbocycles. The van der Waals surface area contributed by atoms with Crippen molar-refractivity contribution in [3.63, 3.8) is 0 Å². The smallest absolute Gasteiger partial charge is 0.316 e. The number of rotatable bonds is 5. The zero-order valence-corrected chi connectivity index (χ0v) is 15.9. The molecule has 0 N–H and O–H groups in total. The molecule has 148 valence electrons. The topological polar surface area (TPSA) is 55.3 Å². The van der Waals surface area contributed by atoms with E-state index in [0.29, 0.717) is 13.1 Å². The van der Waals surface area contributed by atoms with Crippen molar-refractivity contribution in [3.05, 3.63) is 90.0 Å². The second kappa shape index (κ2) is 8.82. The summed E-state index contributed by atoms with van der Waals surface area (Å²) in [5.41, 5.74) is 1.93. The van der Waals surface area contributed by atoms with Crippen molar-refractivity contribution in [1.29, 1.82) is 0 Å². The first-order valence-electron chi connectivity index (χ1n) is 9.73. The standard InChI is InChI=1S/C23H22FN3O2/c24-19-14-25-23(26-15-19)29-20-12-7-13-27(16-20)22(28)21(17-8-3-1-4-9-17)18-10-5-2-6-11-18/h1-6,8-11,14-15,20-21H,7,12-13,16H2. The number of amides is 1. The second-order valence-corrected chi connectivity index (χ2v) is 7.10. The van der Waals surface area contributed by atoms with E-state index in [1.54, 1.807) is 0 Å². The highest BCUT2D eigenvalue weighted by atomic mass is 19.1. The Hall–Kier alpha value is -3.28. The normalized spacial score (nSPS) is 16.6. The van der Waals surface area contributed by atoms with Gasteiger partial charge in [0.15, 0.2) is 5.82 Å². The lowest BCUT2D eigenvalue weighted by Crippen LogP contribution is -2.46. The van der Waals surface area contributed by atoms with Crippen molar-refractivity contribution in [2.24, 2.45) is 0 Å². The van der Waals surface area contributed by atoms with Gasteiger partial charge in [-0.1, -0.05) is 60.7 Å². The summed E-state index contributed by atoms with van der Waals surface area (Å²) in [6.07, 6.45) is 3.56. The van der Waals surface area contributed by atoms with Crippen LogP contribution in [0.5, 0.6) is 6.01 Å². The van der Waals surface area contributed by atoms with Crippen molar-refractivity contribution in [1.82, 2.24) is 14.9 Å². The van der Waals surface area contributed by atoms with Crippen LogP contribution < -0.4 is 4.74 Å². The molecule has 0 saturated carbocycles. The van der Waals surface area contributed by atoms with Gasteiger partial charge in [-0.3, -0.25) is 4.79 Å². The maximum absolute atomic E-state index is 13.5. The van der Waals surface area contributed by atoms with E-state index in [1.165, 1.54) is 0 Å². The Bertz CT molecular complexity index is 896. The van der Waals surface area contributed by atoms with Gasteiger partial charge in [-0.25, -0.2) is 14.4 Å². The van der Waals surface area contributed by atoms with Crippen LogP contribution in [0.25, 0.3) is 0 Å². The summed E-state index contributed by atoms with van der Waals surface area (Å²) in [6.45, 7) is 1.13. The third kappa shape index (κ3) is 4.59. The van der Waals surface area contributed by atoms with Crippen molar-refractivity contribution in [2.45, 2.75) is 24.9 Å². The fourth-order valence-electron chi connectivity index (χ4n) is 3.70. The molecule has 1 saturated heterocycles. The number of carbonyl (C=O) groups is 1. The van der Waals surface area contributed by atoms with Gasteiger partial charge in [0.2, 0.25) is 5.91 Å². The number of nitrogens with zero attached hydrogens (tertiary/aromatic N) is 3. The summed E-state index contributed by atoms with van der Waals surface area (Å²) in [5.74, 6) is -0.819. The van der Waals surface area contributed by atoms with E-state index in [0.717, 1.165) is 36.4 Å². The van der Waals surface area contributed by atoms with Gasteiger partial charge in [0.05, 0.1) is 24.9 Å². The number of hydrogen-bond donors (Lipinski definition) is 0. The minimum atomic E-state index is -0.508. The zero-order chi connectivity index (χ0) is 20.1. The summed E-state index contributed by atoms with van der Waals surface area (Å²) in [4.78, 5) is 23.1. The van der Waals surface area contributed by atoms with Gasteiger partial charge in [0, 0.05) is 6.54 Å². The lowest BCUT2D eigenvalue weighted by molar-refractivity contribution is -0.134. The van der Waals surface area contributed by atoms with E-state index in [1.807, 2.05) is 65.6 Å². The number of benzene rings is 2. The first kappa shape index (κ1) is 19.1. The predicted octanol–water partition coefficient (Wildman–Crippen LogP) is 3.82. The predicted molar refractivity (Wildman–Crippen MR) is 107 cm³/mol. The molecule has 29 heavy (non-hydrogen) atoms. The third-order valence-corrected chi connectivity index (χ3v) is 5.07. The number of aromatic nitrogens is 2. The molecule has 1 aromatic heterocycles. The van der Waals surface area contributed by atoms with Gasteiger partial charge < -0.3 is 9.64 Å². The minimum absolute atomic E-state index is 0.0516. The van der Waals surface area contributed by atoms with E-state index in [-0.39, 0.29) is 23.9 Å². The first-order valence-corrected chi connectivity index (χ1v) is 9.73. The number of hydrogen-bond acceptors (Lipinski definition) is 4. The van der Waals surface area contributed by atoms with E-state index in [2.05, 4.69) is 9.97 Å². The maximum atomic E-state index is 13.5. The van der Waals surface area contributed by atoms with E-state index < -0.39 is 5.82 Å². The molecule has 1 amide bonds. The molecule has 1 aliphatic heterocycles. The minimum Gasteiger partial charge on any atom is -0.458 e. The molecule has 2 aromatic carbocycles. The molecule has 0 spiro atoms. The maximum Gasteiger partial charge on any atom is 0.316 e. The van der Waals surface area contributed by atoms with Crippen molar-refractivity contribution < 1.29 is 13.9 Å². The van der Waals surface area contributed by atoms with Gasteiger partial charge >= 0.3 is 6.01 Å². The lowest BCUT2D eigenvalue weighted by Gasteiger charge is -2.34. The molecule has 5 nitrogen and oxygen atoms in total. The SMILES string of the molecule is O=C(C(c1ccccc1)c1ccccc1)N1CCCC(Oc2ncc(F)cn2)C1. The summed E-state index contributed by atoms with van der Waals surface area (Å²) in [6, 6.07) is 19.8. The lowest BCUT2D eigenvalue weighted by atomic mass is 9.89. The number of halogens is 1. The average molecular weight is 391 g/mol. The van der Waals surface area contributed by atoms with E-state index in [9.17, 15) is 9.18 Å². The highest BCUT2D eigenvalue weighted by Gasteiger charge is 2.31. The first-order chi connectivity index (χ1) is 14.2.